The number of carbonyl (C=O) groups is 1. The van der Waals surface area contributed by atoms with Crippen LogP contribution in [0.4, 0.5) is 11.4 Å². The van der Waals surface area contributed by atoms with Crippen molar-refractivity contribution in [1.29, 1.82) is 0 Å². The van der Waals surface area contributed by atoms with Gasteiger partial charge in [0.2, 0.25) is 0 Å². The topological polar surface area (TPSA) is 92.5 Å². The number of nitro groups is 1. The van der Waals surface area contributed by atoms with Crippen LogP contribution in [-0.2, 0) is 0 Å². The number of anilines is 1. The molecule has 0 saturated heterocycles. The van der Waals surface area contributed by atoms with E-state index in [1.54, 1.807) is 36.4 Å². The van der Waals surface area contributed by atoms with Gasteiger partial charge < -0.3 is 10.4 Å². The Balaban J connectivity index is 1.55. The van der Waals surface area contributed by atoms with Crippen LogP contribution in [0.25, 0.3) is 0 Å². The number of para-hydroxylation sites is 1. The summed E-state index contributed by atoms with van der Waals surface area (Å²) < 4.78 is 0. The molecule has 0 unspecified atom stereocenters. The van der Waals surface area contributed by atoms with E-state index < -0.39 is 5.97 Å². The highest BCUT2D eigenvalue weighted by atomic mass is 35.5. The maximum Gasteiger partial charge on any atom is 0.335 e. The van der Waals surface area contributed by atoms with Gasteiger partial charge in [-0.25, -0.2) is 4.79 Å². The molecule has 3 aromatic carbocycles. The average molecular weight is 515 g/mol. The number of fused-ring (bicyclic) bond motifs is 3. The standard InChI is InChI=1S/C25H20Cl2N2O4S/c26-15-8-5-13(6-9-15)24-17-12-21(34-20-4-2-1-3-19(20)29(32)33)23(27)22(17)16-11-14(25(30)31)7-10-18(16)28-24/h1-11,17,21-24,28H,12H2,(H,30,31)/t17-,21-,22+,23-,24-/m1/s1. The lowest BCUT2D eigenvalue weighted by Crippen LogP contribution is -2.31. The highest BCUT2D eigenvalue weighted by Gasteiger charge is 2.50. The molecule has 2 N–H and O–H groups in total. The Hall–Kier alpha value is -2.74. The van der Waals surface area contributed by atoms with Gasteiger partial charge in [-0.3, -0.25) is 10.1 Å². The Morgan fingerprint density at radius 2 is 1.85 bits per heavy atom. The number of nitrogens with zero attached hydrogens (tertiary/aromatic N) is 1. The van der Waals surface area contributed by atoms with Crippen molar-refractivity contribution in [2.75, 3.05) is 5.32 Å². The van der Waals surface area contributed by atoms with Gasteiger partial charge in [-0.1, -0.05) is 35.9 Å². The molecule has 0 radical (unpaired) electrons. The zero-order valence-corrected chi connectivity index (χ0v) is 20.1. The fourth-order valence-corrected chi connectivity index (χ4v) is 7.19. The number of hydrogen-bond acceptors (Lipinski definition) is 5. The molecule has 5 rings (SSSR count). The van der Waals surface area contributed by atoms with E-state index in [0.717, 1.165) is 16.8 Å². The Labute approximate surface area is 210 Å². The molecule has 1 aliphatic heterocycles. The van der Waals surface area contributed by atoms with Crippen LogP contribution < -0.4 is 5.32 Å². The first kappa shape index (κ1) is 23.0. The van der Waals surface area contributed by atoms with Gasteiger partial charge in [0, 0.05) is 27.9 Å². The smallest absolute Gasteiger partial charge is 0.335 e. The minimum atomic E-state index is -0.992. The third-order valence-corrected chi connectivity index (χ3v) is 8.99. The normalized spacial score (nSPS) is 25.2. The summed E-state index contributed by atoms with van der Waals surface area (Å²) in [5.41, 5.74) is 3.07. The number of carboxylic acid groups (broad SMARTS) is 1. The molecule has 9 heteroatoms. The number of benzene rings is 3. The van der Waals surface area contributed by atoms with E-state index in [2.05, 4.69) is 5.32 Å². The third-order valence-electron chi connectivity index (χ3n) is 6.63. The zero-order chi connectivity index (χ0) is 24.0. The van der Waals surface area contributed by atoms with E-state index in [0.29, 0.717) is 16.3 Å². The molecule has 1 heterocycles. The summed E-state index contributed by atoms with van der Waals surface area (Å²) in [6.45, 7) is 0. The van der Waals surface area contributed by atoms with Gasteiger partial charge in [0.1, 0.15) is 0 Å². The van der Waals surface area contributed by atoms with Crippen LogP contribution in [0.15, 0.2) is 71.6 Å². The summed E-state index contributed by atoms with van der Waals surface area (Å²) in [6.07, 6.45) is 0.715. The van der Waals surface area contributed by atoms with Gasteiger partial charge in [-0.2, -0.15) is 0 Å². The molecular formula is C25H20Cl2N2O4S. The van der Waals surface area contributed by atoms with E-state index in [9.17, 15) is 20.0 Å². The van der Waals surface area contributed by atoms with Crippen LogP contribution in [0.5, 0.6) is 0 Å². The number of rotatable bonds is 5. The maximum absolute atomic E-state index is 11.7. The molecule has 0 spiro atoms. The number of aromatic carboxylic acids is 1. The van der Waals surface area contributed by atoms with Gasteiger partial charge in [0.15, 0.2) is 0 Å². The van der Waals surface area contributed by atoms with Crippen LogP contribution in [0.3, 0.4) is 0 Å². The Morgan fingerprint density at radius 3 is 2.56 bits per heavy atom. The van der Waals surface area contributed by atoms with Crippen molar-refractivity contribution in [1.82, 2.24) is 0 Å². The number of nitro benzene ring substituents is 1. The average Bonchev–Trinajstić information content (AvgIpc) is 3.15. The van der Waals surface area contributed by atoms with E-state index in [1.165, 1.54) is 17.8 Å². The predicted molar refractivity (Wildman–Crippen MR) is 134 cm³/mol. The van der Waals surface area contributed by atoms with Crippen molar-refractivity contribution in [3.8, 4) is 0 Å². The molecule has 1 saturated carbocycles. The predicted octanol–water partition coefficient (Wildman–Crippen LogP) is 6.99. The number of thioether (sulfide) groups is 1. The van der Waals surface area contributed by atoms with Crippen LogP contribution in [0, 0.1) is 16.0 Å². The maximum atomic E-state index is 11.7. The highest BCUT2D eigenvalue weighted by molar-refractivity contribution is 8.00. The number of hydrogen-bond donors (Lipinski definition) is 2. The van der Waals surface area contributed by atoms with Gasteiger partial charge in [-0.15, -0.1) is 23.4 Å². The van der Waals surface area contributed by atoms with Crippen molar-refractivity contribution in [3.63, 3.8) is 0 Å². The number of halogens is 2. The molecule has 3 aromatic rings. The summed E-state index contributed by atoms with van der Waals surface area (Å²) >= 11 is 14.6. The van der Waals surface area contributed by atoms with Gasteiger partial charge in [0.05, 0.1) is 26.8 Å². The molecule has 5 atom stereocenters. The van der Waals surface area contributed by atoms with Crippen molar-refractivity contribution < 1.29 is 14.8 Å². The Morgan fingerprint density at radius 1 is 1.12 bits per heavy atom. The van der Waals surface area contributed by atoms with E-state index in [1.807, 2.05) is 24.3 Å². The molecular weight excluding hydrogens is 495 g/mol. The fraction of sp³-hybridized carbons (Fsp3) is 0.240. The molecule has 34 heavy (non-hydrogen) atoms. The second-order valence-electron chi connectivity index (χ2n) is 8.53. The van der Waals surface area contributed by atoms with E-state index in [4.69, 9.17) is 23.2 Å². The van der Waals surface area contributed by atoms with Crippen molar-refractivity contribution >= 4 is 52.3 Å². The molecule has 6 nitrogen and oxygen atoms in total. The second-order valence-corrected chi connectivity index (χ2v) is 10.8. The SMILES string of the molecule is O=C(O)c1ccc2c(c1)[C@@H]1[C@H](Cl)[C@H](Sc3ccccc3[N+](=O)[O-])C[C@H]1[C@@H](c1ccc(Cl)cc1)N2. The van der Waals surface area contributed by atoms with Gasteiger partial charge in [-0.05, 0) is 59.9 Å². The van der Waals surface area contributed by atoms with Gasteiger partial charge in [0.25, 0.3) is 5.69 Å². The van der Waals surface area contributed by atoms with Crippen LogP contribution in [0.1, 0.15) is 39.9 Å². The van der Waals surface area contributed by atoms with Crippen LogP contribution in [-0.4, -0.2) is 26.6 Å². The molecule has 0 aromatic heterocycles. The quantitative estimate of drug-likeness (QED) is 0.216. The number of alkyl halides is 1. The molecule has 0 bridgehead atoms. The second kappa shape index (κ2) is 9.13. The lowest BCUT2D eigenvalue weighted by molar-refractivity contribution is -0.387. The minimum Gasteiger partial charge on any atom is -0.478 e. The van der Waals surface area contributed by atoms with Crippen molar-refractivity contribution in [2.45, 2.75) is 33.9 Å². The lowest BCUT2D eigenvalue weighted by atomic mass is 9.77. The Bertz CT molecular complexity index is 1270. The molecule has 1 aliphatic carbocycles. The summed E-state index contributed by atoms with van der Waals surface area (Å²) in [7, 11) is 0. The first-order valence-electron chi connectivity index (χ1n) is 10.8. The fourth-order valence-electron chi connectivity index (χ4n) is 5.12. The molecule has 1 fully saturated rings. The number of carboxylic acids is 1. The number of nitrogens with one attached hydrogen (secondary N) is 1. The van der Waals surface area contributed by atoms with Crippen LogP contribution in [0.2, 0.25) is 5.02 Å². The monoisotopic (exact) mass is 514 g/mol. The van der Waals surface area contributed by atoms with Crippen LogP contribution >= 0.6 is 35.0 Å². The largest absolute Gasteiger partial charge is 0.478 e. The first-order valence-corrected chi connectivity index (χ1v) is 12.5. The lowest BCUT2D eigenvalue weighted by Gasteiger charge is -2.38. The summed E-state index contributed by atoms with van der Waals surface area (Å²) in [6, 6.07) is 19.4. The minimum absolute atomic E-state index is 0.0527. The van der Waals surface area contributed by atoms with Gasteiger partial charge >= 0.3 is 5.97 Å². The summed E-state index contributed by atoms with van der Waals surface area (Å²) in [5.74, 6) is -1.03. The molecule has 0 amide bonds. The van der Waals surface area contributed by atoms with E-state index in [-0.39, 0.29) is 44.7 Å². The van der Waals surface area contributed by atoms with Crippen molar-refractivity contribution in [3.05, 3.63) is 98.6 Å². The summed E-state index contributed by atoms with van der Waals surface area (Å²) in [5, 5.41) is 24.9. The first-order chi connectivity index (χ1) is 16.3. The third kappa shape index (κ3) is 4.13. The summed E-state index contributed by atoms with van der Waals surface area (Å²) in [4.78, 5) is 23.4. The highest BCUT2D eigenvalue weighted by Crippen LogP contribution is 2.58. The van der Waals surface area contributed by atoms with Crippen molar-refractivity contribution in [2.24, 2.45) is 5.92 Å². The molecule has 174 valence electrons. The molecule has 2 aliphatic rings. The Kier molecular flexibility index (Phi) is 6.18. The van der Waals surface area contributed by atoms with E-state index >= 15 is 0 Å². The zero-order valence-electron chi connectivity index (χ0n) is 17.7.